The molecule has 0 heterocycles. The van der Waals surface area contributed by atoms with Crippen LogP contribution in [0.3, 0.4) is 0 Å². The second-order valence-corrected chi connectivity index (χ2v) is 3.93. The largest absolute Gasteiger partial charge is 0.481 e. The van der Waals surface area contributed by atoms with Crippen LogP contribution in [0.2, 0.25) is 0 Å². The molecular weight excluding hydrogens is 203 g/mol. The molecule has 0 aromatic rings. The number of carboxylic acids is 1. The summed E-state index contributed by atoms with van der Waals surface area (Å²) in [7, 11) is 2.06. The van der Waals surface area contributed by atoms with Gasteiger partial charge in [-0.15, -0.1) is 0 Å². The van der Waals surface area contributed by atoms with E-state index in [9.17, 15) is 9.59 Å². The van der Waals surface area contributed by atoms with Gasteiger partial charge in [-0.05, 0) is 12.8 Å². The summed E-state index contributed by atoms with van der Waals surface area (Å²) >= 11 is 0. The molecule has 0 amide bonds. The first-order valence-corrected chi connectivity index (χ1v) is 5.14. The monoisotopic (exact) mass is 218 g/mol. The van der Waals surface area contributed by atoms with Gasteiger partial charge in [0.05, 0.1) is 17.9 Å². The standard InChI is InChI=1S/C9H15O4P/c1-2-6(10)9(3-4-9)7(13-14)5-8(11)12/h7H,2-5,14H2,1H3,(H,11,12). The van der Waals surface area contributed by atoms with E-state index in [1.807, 2.05) is 0 Å². The average Bonchev–Trinajstić information content (AvgIpc) is 2.93. The first-order chi connectivity index (χ1) is 6.56. The summed E-state index contributed by atoms with van der Waals surface area (Å²) in [4.78, 5) is 22.1. The Hall–Kier alpha value is -0.470. The third-order valence-corrected chi connectivity index (χ3v) is 3.13. The van der Waals surface area contributed by atoms with Gasteiger partial charge in [-0.3, -0.25) is 9.59 Å². The lowest BCUT2D eigenvalue weighted by molar-refractivity contribution is -0.140. The minimum Gasteiger partial charge on any atom is -0.481 e. The summed E-state index contributed by atoms with van der Waals surface area (Å²) in [5.41, 5.74) is -0.505. The van der Waals surface area contributed by atoms with E-state index >= 15 is 0 Å². The molecule has 0 aromatic heterocycles. The van der Waals surface area contributed by atoms with Crippen LogP contribution in [0.15, 0.2) is 0 Å². The number of hydrogen-bond acceptors (Lipinski definition) is 3. The van der Waals surface area contributed by atoms with Crippen molar-refractivity contribution < 1.29 is 19.2 Å². The molecule has 0 bridgehead atoms. The average molecular weight is 218 g/mol. The van der Waals surface area contributed by atoms with Crippen LogP contribution in [0.25, 0.3) is 0 Å². The number of rotatable bonds is 6. The Labute approximate surface area is 85.3 Å². The van der Waals surface area contributed by atoms with Crippen molar-refractivity contribution >= 4 is 21.2 Å². The zero-order valence-electron chi connectivity index (χ0n) is 8.16. The van der Waals surface area contributed by atoms with Crippen LogP contribution < -0.4 is 0 Å². The number of ketones is 1. The number of Topliss-reactive ketones (excluding diaryl/α,β-unsaturated/α-hetero) is 1. The third kappa shape index (κ3) is 2.12. The number of carbonyl (C=O) groups is 2. The molecule has 1 aliphatic carbocycles. The molecule has 80 valence electrons. The van der Waals surface area contributed by atoms with E-state index in [0.717, 1.165) is 12.8 Å². The fourth-order valence-electron chi connectivity index (χ4n) is 1.80. The molecule has 0 aliphatic heterocycles. The molecule has 2 atom stereocenters. The summed E-state index contributed by atoms with van der Waals surface area (Å²) in [6, 6.07) is 0. The number of carboxylic acid groups (broad SMARTS) is 1. The van der Waals surface area contributed by atoms with E-state index in [2.05, 4.69) is 9.47 Å². The third-order valence-electron chi connectivity index (χ3n) is 2.81. The molecule has 2 unspecified atom stereocenters. The Morgan fingerprint density at radius 1 is 1.57 bits per heavy atom. The summed E-state index contributed by atoms with van der Waals surface area (Å²) in [5, 5.41) is 8.66. The van der Waals surface area contributed by atoms with Crippen molar-refractivity contribution in [1.29, 1.82) is 0 Å². The van der Waals surface area contributed by atoms with Crippen LogP contribution in [0.1, 0.15) is 32.6 Å². The van der Waals surface area contributed by atoms with Gasteiger partial charge in [-0.25, -0.2) is 0 Å². The van der Waals surface area contributed by atoms with E-state index in [0.29, 0.717) is 6.42 Å². The van der Waals surface area contributed by atoms with Crippen molar-refractivity contribution in [2.75, 3.05) is 0 Å². The Balaban J connectivity index is 2.68. The highest BCUT2D eigenvalue weighted by molar-refractivity contribution is 7.09. The van der Waals surface area contributed by atoms with Crippen LogP contribution >= 0.6 is 9.47 Å². The van der Waals surface area contributed by atoms with E-state index in [4.69, 9.17) is 9.63 Å². The van der Waals surface area contributed by atoms with Crippen molar-refractivity contribution in [3.63, 3.8) is 0 Å². The first kappa shape index (κ1) is 11.6. The van der Waals surface area contributed by atoms with Crippen molar-refractivity contribution in [2.24, 2.45) is 5.41 Å². The fourth-order valence-corrected chi connectivity index (χ4v) is 2.16. The lowest BCUT2D eigenvalue weighted by Gasteiger charge is -2.22. The van der Waals surface area contributed by atoms with Gasteiger partial charge in [-0.2, -0.15) is 0 Å². The molecule has 0 spiro atoms. The van der Waals surface area contributed by atoms with Crippen LogP contribution in [0, 0.1) is 5.41 Å². The Kier molecular flexibility index (Phi) is 3.62. The molecular formula is C9H15O4P. The van der Waals surface area contributed by atoms with Crippen LogP contribution in [0.4, 0.5) is 0 Å². The zero-order valence-corrected chi connectivity index (χ0v) is 9.31. The molecule has 0 saturated heterocycles. The minimum absolute atomic E-state index is 0.102. The maximum Gasteiger partial charge on any atom is 0.306 e. The van der Waals surface area contributed by atoms with Crippen molar-refractivity contribution in [2.45, 2.75) is 38.7 Å². The van der Waals surface area contributed by atoms with Gasteiger partial charge in [0.25, 0.3) is 0 Å². The normalized spacial score (nSPS) is 20.1. The molecule has 1 fully saturated rings. The SMILES string of the molecule is CCC(=O)C1(C(CC(=O)O)OP)CC1. The molecule has 1 rings (SSSR count). The van der Waals surface area contributed by atoms with Crippen molar-refractivity contribution in [1.82, 2.24) is 0 Å². The lowest BCUT2D eigenvalue weighted by Crippen LogP contribution is -2.32. The summed E-state index contributed by atoms with van der Waals surface area (Å²) in [6.07, 6.45) is 1.37. The van der Waals surface area contributed by atoms with Gasteiger partial charge in [-0.1, -0.05) is 6.92 Å². The summed E-state index contributed by atoms with van der Waals surface area (Å²) in [5.74, 6) is -0.807. The zero-order chi connectivity index (χ0) is 10.8. The van der Waals surface area contributed by atoms with Crippen LogP contribution in [-0.4, -0.2) is 23.0 Å². The van der Waals surface area contributed by atoms with E-state index < -0.39 is 17.5 Å². The molecule has 4 nitrogen and oxygen atoms in total. The second kappa shape index (κ2) is 4.37. The smallest absolute Gasteiger partial charge is 0.306 e. The molecule has 1 N–H and O–H groups in total. The van der Waals surface area contributed by atoms with Gasteiger partial charge in [0.1, 0.15) is 5.78 Å². The van der Waals surface area contributed by atoms with Crippen molar-refractivity contribution in [3.05, 3.63) is 0 Å². The number of hydrogen-bond donors (Lipinski definition) is 1. The van der Waals surface area contributed by atoms with E-state index in [1.165, 1.54) is 0 Å². The maximum absolute atomic E-state index is 11.6. The Morgan fingerprint density at radius 2 is 2.14 bits per heavy atom. The minimum atomic E-state index is -0.923. The lowest BCUT2D eigenvalue weighted by atomic mass is 9.90. The molecule has 1 aliphatic rings. The Bertz CT molecular complexity index is 247. The van der Waals surface area contributed by atoms with E-state index in [1.54, 1.807) is 6.92 Å². The topological polar surface area (TPSA) is 63.6 Å². The highest BCUT2D eigenvalue weighted by Gasteiger charge is 2.55. The highest BCUT2D eigenvalue weighted by atomic mass is 31.0. The van der Waals surface area contributed by atoms with Gasteiger partial charge in [0.2, 0.25) is 0 Å². The number of carbonyl (C=O) groups excluding carboxylic acids is 1. The quantitative estimate of drug-likeness (QED) is 0.684. The van der Waals surface area contributed by atoms with Crippen LogP contribution in [0.5, 0.6) is 0 Å². The van der Waals surface area contributed by atoms with Gasteiger partial charge in [0.15, 0.2) is 0 Å². The molecule has 1 saturated carbocycles. The van der Waals surface area contributed by atoms with Gasteiger partial charge in [0, 0.05) is 15.9 Å². The maximum atomic E-state index is 11.6. The highest BCUT2D eigenvalue weighted by Crippen LogP contribution is 2.52. The van der Waals surface area contributed by atoms with Gasteiger partial charge < -0.3 is 9.63 Å². The number of aliphatic carboxylic acids is 1. The summed E-state index contributed by atoms with van der Waals surface area (Å²) in [6.45, 7) is 1.79. The Morgan fingerprint density at radius 3 is 2.43 bits per heavy atom. The molecule has 0 aromatic carbocycles. The molecule has 14 heavy (non-hydrogen) atoms. The van der Waals surface area contributed by atoms with Crippen molar-refractivity contribution in [3.8, 4) is 0 Å². The van der Waals surface area contributed by atoms with Gasteiger partial charge >= 0.3 is 5.97 Å². The summed E-state index contributed by atoms with van der Waals surface area (Å²) < 4.78 is 5.03. The molecule has 5 heteroatoms. The first-order valence-electron chi connectivity index (χ1n) is 4.67. The van der Waals surface area contributed by atoms with Crippen LogP contribution in [-0.2, 0) is 14.1 Å². The predicted molar refractivity (Wildman–Crippen MR) is 53.8 cm³/mol. The van der Waals surface area contributed by atoms with E-state index in [-0.39, 0.29) is 12.2 Å². The second-order valence-electron chi connectivity index (χ2n) is 3.66. The predicted octanol–water partition coefficient (Wildman–Crippen LogP) is 1.40. The molecule has 0 radical (unpaired) electrons. The fraction of sp³-hybridized carbons (Fsp3) is 0.778.